The van der Waals surface area contributed by atoms with E-state index in [1.807, 2.05) is 12.1 Å². The predicted molar refractivity (Wildman–Crippen MR) is 59.5 cm³/mol. The molecule has 0 aromatic carbocycles. The van der Waals surface area contributed by atoms with E-state index in [0.29, 0.717) is 5.15 Å². The lowest BCUT2D eigenvalue weighted by molar-refractivity contribution is 0.778. The first-order chi connectivity index (χ1) is 6.33. The van der Waals surface area contributed by atoms with E-state index >= 15 is 0 Å². The van der Waals surface area contributed by atoms with Crippen molar-refractivity contribution in [3.8, 4) is 0 Å². The van der Waals surface area contributed by atoms with Crippen LogP contribution in [0.15, 0.2) is 23.2 Å². The normalized spacial score (nSPS) is 10.3. The number of halogens is 1. The van der Waals surface area contributed by atoms with Gasteiger partial charge in [0.05, 0.1) is 5.03 Å². The zero-order chi connectivity index (χ0) is 9.52. The fourth-order valence-electron chi connectivity index (χ4n) is 0.999. The largest absolute Gasteiger partial charge is 0.230 e. The van der Waals surface area contributed by atoms with Crippen molar-refractivity contribution >= 4 is 23.4 Å². The number of thioether (sulfide) groups is 1. The second-order valence-corrected chi connectivity index (χ2v) is 4.36. The lowest BCUT2D eigenvalue weighted by Crippen LogP contribution is -1.83. The summed E-state index contributed by atoms with van der Waals surface area (Å²) in [6.07, 6.45) is 3.83. The summed E-state index contributed by atoms with van der Waals surface area (Å²) in [4.78, 5) is 4.20. The average molecular weight is 216 g/mol. The van der Waals surface area contributed by atoms with Crippen LogP contribution in [0.4, 0.5) is 0 Å². The molecule has 0 aliphatic heterocycles. The quantitative estimate of drug-likeness (QED) is 0.418. The zero-order valence-corrected chi connectivity index (χ0v) is 9.37. The standard InChI is InChI=1S/C10H14ClNS/c1-2-3-4-8-13-10-7-5-6-9(11)12-10/h5-7H,2-4,8H2,1H3. The van der Waals surface area contributed by atoms with Crippen LogP contribution in [0.5, 0.6) is 0 Å². The lowest BCUT2D eigenvalue weighted by Gasteiger charge is -1.99. The molecule has 1 aromatic rings. The molecule has 0 amide bonds. The number of nitrogens with zero attached hydrogens (tertiary/aromatic N) is 1. The SMILES string of the molecule is CCCCCSc1cccc(Cl)n1. The smallest absolute Gasteiger partial charge is 0.130 e. The summed E-state index contributed by atoms with van der Waals surface area (Å²) < 4.78 is 0. The molecule has 3 heteroatoms. The first kappa shape index (κ1) is 10.9. The number of aromatic nitrogens is 1. The summed E-state index contributed by atoms with van der Waals surface area (Å²) in [5, 5.41) is 1.61. The third-order valence-electron chi connectivity index (χ3n) is 1.69. The number of hydrogen-bond donors (Lipinski definition) is 0. The van der Waals surface area contributed by atoms with Crippen molar-refractivity contribution in [2.45, 2.75) is 31.2 Å². The maximum atomic E-state index is 5.76. The van der Waals surface area contributed by atoms with Crippen LogP contribution in [0.3, 0.4) is 0 Å². The van der Waals surface area contributed by atoms with Crippen molar-refractivity contribution < 1.29 is 0 Å². The van der Waals surface area contributed by atoms with Gasteiger partial charge in [-0.2, -0.15) is 0 Å². The minimum absolute atomic E-state index is 0.584. The molecule has 1 rings (SSSR count). The Morgan fingerprint density at radius 2 is 2.23 bits per heavy atom. The van der Waals surface area contributed by atoms with Crippen molar-refractivity contribution in [3.63, 3.8) is 0 Å². The summed E-state index contributed by atoms with van der Waals surface area (Å²) in [5.41, 5.74) is 0. The number of rotatable bonds is 5. The Bertz CT molecular complexity index is 252. The Morgan fingerprint density at radius 3 is 2.92 bits per heavy atom. The third-order valence-corrected chi connectivity index (χ3v) is 2.91. The molecule has 0 radical (unpaired) electrons. The molecule has 0 unspecified atom stereocenters. The highest BCUT2D eigenvalue weighted by molar-refractivity contribution is 7.99. The van der Waals surface area contributed by atoms with Gasteiger partial charge in [-0.1, -0.05) is 37.4 Å². The van der Waals surface area contributed by atoms with E-state index in [0.717, 1.165) is 10.8 Å². The van der Waals surface area contributed by atoms with Crippen LogP contribution in [-0.2, 0) is 0 Å². The van der Waals surface area contributed by atoms with E-state index in [9.17, 15) is 0 Å². The molecule has 0 aliphatic carbocycles. The second kappa shape index (κ2) is 6.28. The third kappa shape index (κ3) is 4.53. The van der Waals surface area contributed by atoms with Gasteiger partial charge in [-0.05, 0) is 24.3 Å². The highest BCUT2D eigenvalue weighted by atomic mass is 35.5. The highest BCUT2D eigenvalue weighted by Crippen LogP contribution is 2.18. The second-order valence-electron chi connectivity index (χ2n) is 2.85. The molecule has 0 saturated carbocycles. The summed E-state index contributed by atoms with van der Waals surface area (Å²) in [6, 6.07) is 5.75. The van der Waals surface area contributed by atoms with E-state index in [-0.39, 0.29) is 0 Å². The van der Waals surface area contributed by atoms with Crippen molar-refractivity contribution in [3.05, 3.63) is 23.4 Å². The highest BCUT2D eigenvalue weighted by Gasteiger charge is 1.95. The molecule has 1 heterocycles. The Labute approximate surface area is 88.9 Å². The maximum absolute atomic E-state index is 5.76. The molecule has 0 aliphatic rings. The summed E-state index contributed by atoms with van der Waals surface area (Å²) in [6.45, 7) is 2.21. The van der Waals surface area contributed by atoms with Gasteiger partial charge in [0.2, 0.25) is 0 Å². The summed E-state index contributed by atoms with van der Waals surface area (Å²) in [7, 11) is 0. The minimum Gasteiger partial charge on any atom is -0.230 e. The van der Waals surface area contributed by atoms with Crippen LogP contribution in [0.1, 0.15) is 26.2 Å². The number of hydrogen-bond acceptors (Lipinski definition) is 2. The van der Waals surface area contributed by atoms with Gasteiger partial charge in [-0.15, -0.1) is 11.8 Å². The summed E-state index contributed by atoms with van der Waals surface area (Å²) in [5.74, 6) is 1.14. The monoisotopic (exact) mass is 215 g/mol. The average Bonchev–Trinajstić information content (AvgIpc) is 2.13. The molecule has 0 spiro atoms. The maximum Gasteiger partial charge on any atom is 0.130 e. The van der Waals surface area contributed by atoms with E-state index in [1.54, 1.807) is 17.8 Å². The Hall–Kier alpha value is -0.210. The fraction of sp³-hybridized carbons (Fsp3) is 0.500. The van der Waals surface area contributed by atoms with Gasteiger partial charge >= 0.3 is 0 Å². The van der Waals surface area contributed by atoms with Gasteiger partial charge in [0, 0.05) is 0 Å². The molecule has 1 nitrogen and oxygen atoms in total. The first-order valence-corrected chi connectivity index (χ1v) is 5.94. The number of unbranched alkanes of at least 4 members (excludes halogenated alkanes) is 2. The van der Waals surface area contributed by atoms with E-state index < -0.39 is 0 Å². The van der Waals surface area contributed by atoms with E-state index in [2.05, 4.69) is 11.9 Å². The minimum atomic E-state index is 0.584. The number of pyridine rings is 1. The van der Waals surface area contributed by atoms with Gasteiger partial charge in [0.15, 0.2) is 0 Å². The van der Waals surface area contributed by atoms with Crippen LogP contribution in [0.2, 0.25) is 5.15 Å². The van der Waals surface area contributed by atoms with Gasteiger partial charge in [0.25, 0.3) is 0 Å². The molecular weight excluding hydrogens is 202 g/mol. The lowest BCUT2D eigenvalue weighted by atomic mass is 10.3. The van der Waals surface area contributed by atoms with Crippen LogP contribution in [0, 0.1) is 0 Å². The molecular formula is C10H14ClNS. The molecule has 0 N–H and O–H groups in total. The molecule has 0 atom stereocenters. The Kier molecular flexibility index (Phi) is 5.25. The topological polar surface area (TPSA) is 12.9 Å². The van der Waals surface area contributed by atoms with Crippen molar-refractivity contribution in [2.75, 3.05) is 5.75 Å². The van der Waals surface area contributed by atoms with Gasteiger partial charge in [0.1, 0.15) is 5.15 Å². The molecule has 0 bridgehead atoms. The first-order valence-electron chi connectivity index (χ1n) is 4.58. The van der Waals surface area contributed by atoms with Crippen molar-refractivity contribution in [2.24, 2.45) is 0 Å². The van der Waals surface area contributed by atoms with Crippen molar-refractivity contribution in [1.29, 1.82) is 0 Å². The predicted octanol–water partition coefficient (Wildman–Crippen LogP) is 4.02. The molecule has 72 valence electrons. The molecule has 1 aromatic heterocycles. The molecule has 0 fully saturated rings. The fourth-order valence-corrected chi connectivity index (χ4v) is 2.11. The van der Waals surface area contributed by atoms with Crippen LogP contribution in [0.25, 0.3) is 0 Å². The Balaban J connectivity index is 2.28. The molecule has 13 heavy (non-hydrogen) atoms. The van der Waals surface area contributed by atoms with E-state index in [1.165, 1.54) is 19.3 Å². The zero-order valence-electron chi connectivity index (χ0n) is 7.79. The summed E-state index contributed by atoms with van der Waals surface area (Å²) >= 11 is 7.54. The van der Waals surface area contributed by atoms with Gasteiger partial charge in [-0.3, -0.25) is 0 Å². The van der Waals surface area contributed by atoms with E-state index in [4.69, 9.17) is 11.6 Å². The van der Waals surface area contributed by atoms with Crippen LogP contribution in [-0.4, -0.2) is 10.7 Å². The van der Waals surface area contributed by atoms with Gasteiger partial charge in [-0.25, -0.2) is 4.98 Å². The van der Waals surface area contributed by atoms with Gasteiger partial charge < -0.3 is 0 Å². The van der Waals surface area contributed by atoms with Crippen LogP contribution < -0.4 is 0 Å². The molecule has 0 saturated heterocycles. The van der Waals surface area contributed by atoms with Crippen molar-refractivity contribution in [1.82, 2.24) is 4.98 Å². The Morgan fingerprint density at radius 1 is 1.38 bits per heavy atom. The van der Waals surface area contributed by atoms with Crippen LogP contribution >= 0.6 is 23.4 Å².